The third-order valence-corrected chi connectivity index (χ3v) is 6.47. The molecule has 1 aromatic heterocycles. The van der Waals surface area contributed by atoms with Crippen molar-refractivity contribution in [3.8, 4) is 0 Å². The second-order valence-corrected chi connectivity index (χ2v) is 9.11. The summed E-state index contributed by atoms with van der Waals surface area (Å²) in [5.74, 6) is -0.859. The molecule has 0 radical (unpaired) electrons. The summed E-state index contributed by atoms with van der Waals surface area (Å²) in [7, 11) is 0.365. The van der Waals surface area contributed by atoms with E-state index >= 15 is 0 Å². The fraction of sp³-hybridized carbons (Fsp3) is 0.421. The number of anilines is 1. The van der Waals surface area contributed by atoms with Crippen LogP contribution in [-0.4, -0.2) is 30.8 Å². The summed E-state index contributed by atoms with van der Waals surface area (Å²) >= 11 is 0. The number of hydrogen-bond donors (Lipinski definition) is 1. The molecule has 1 heterocycles. The summed E-state index contributed by atoms with van der Waals surface area (Å²) in [6.45, 7) is 4.49. The summed E-state index contributed by atoms with van der Waals surface area (Å²) in [4.78, 5) is 6.11. The molecule has 0 unspecified atom stereocenters. The Kier molecular flexibility index (Phi) is 6.77. The largest absolute Gasteiger partial charge is 0.378 e. The second-order valence-electron chi connectivity index (χ2n) is 6.65. The van der Waals surface area contributed by atoms with Crippen LogP contribution in [-0.2, 0) is 9.09 Å². The van der Waals surface area contributed by atoms with Gasteiger partial charge in [-0.1, -0.05) is 19.9 Å². The highest BCUT2D eigenvalue weighted by atomic mass is 31.2. The van der Waals surface area contributed by atoms with Crippen molar-refractivity contribution in [2.75, 3.05) is 25.6 Å². The van der Waals surface area contributed by atoms with Gasteiger partial charge in [0, 0.05) is 31.3 Å². The SMILES string of the molecule is CC(C)CCO[P@@](=O)(c1ccc(N(C)C)cc1)[C@@H](O)c1ccccn1. The molecular formula is C19H27N2O3P. The van der Waals surface area contributed by atoms with Gasteiger partial charge in [0.1, 0.15) is 0 Å². The second kappa shape index (κ2) is 8.61. The molecule has 1 N–H and O–H groups in total. The van der Waals surface area contributed by atoms with Crippen molar-refractivity contribution in [2.45, 2.75) is 26.1 Å². The molecule has 1 aromatic carbocycles. The van der Waals surface area contributed by atoms with E-state index in [-0.39, 0.29) is 0 Å². The molecule has 0 fully saturated rings. The number of nitrogens with zero attached hydrogens (tertiary/aromatic N) is 2. The first-order valence-corrected chi connectivity index (χ1v) is 10.1. The van der Waals surface area contributed by atoms with Crippen molar-refractivity contribution in [3.05, 3.63) is 54.4 Å². The van der Waals surface area contributed by atoms with Crippen LogP contribution in [0.5, 0.6) is 0 Å². The summed E-state index contributed by atoms with van der Waals surface area (Å²) in [5.41, 5.74) is 1.34. The smallest absolute Gasteiger partial charge is 0.265 e. The van der Waals surface area contributed by atoms with Crippen molar-refractivity contribution < 1.29 is 14.2 Å². The zero-order valence-corrected chi connectivity index (χ0v) is 16.2. The Bertz CT molecular complexity index is 702. The number of hydrogen-bond acceptors (Lipinski definition) is 5. The number of rotatable bonds is 8. The molecule has 0 aliphatic heterocycles. The minimum Gasteiger partial charge on any atom is -0.378 e. The van der Waals surface area contributed by atoms with Crippen molar-refractivity contribution >= 4 is 18.4 Å². The number of aromatic nitrogens is 1. The molecule has 0 bridgehead atoms. The van der Waals surface area contributed by atoms with Gasteiger partial charge in [0.2, 0.25) is 0 Å². The third kappa shape index (κ3) is 4.91. The average molecular weight is 362 g/mol. The Morgan fingerprint density at radius 3 is 2.36 bits per heavy atom. The summed E-state index contributed by atoms with van der Waals surface area (Å²) < 4.78 is 19.4. The zero-order chi connectivity index (χ0) is 18.4. The topological polar surface area (TPSA) is 62.7 Å². The first-order valence-electron chi connectivity index (χ1n) is 8.46. The highest BCUT2D eigenvalue weighted by Crippen LogP contribution is 2.57. The van der Waals surface area contributed by atoms with E-state index < -0.39 is 13.2 Å². The van der Waals surface area contributed by atoms with E-state index in [9.17, 15) is 9.67 Å². The molecule has 0 spiro atoms. The van der Waals surface area contributed by atoms with Gasteiger partial charge in [-0.25, -0.2) is 0 Å². The molecule has 0 aliphatic rings. The minimum atomic E-state index is -3.52. The maximum Gasteiger partial charge on any atom is 0.265 e. The molecular weight excluding hydrogens is 335 g/mol. The quantitative estimate of drug-likeness (QED) is 0.724. The van der Waals surface area contributed by atoms with Gasteiger partial charge in [-0.3, -0.25) is 9.55 Å². The lowest BCUT2D eigenvalue weighted by Gasteiger charge is -2.25. The summed E-state index contributed by atoms with van der Waals surface area (Å²) in [6, 6.07) is 12.5. The lowest BCUT2D eigenvalue weighted by Crippen LogP contribution is -2.17. The summed E-state index contributed by atoms with van der Waals surface area (Å²) in [6.07, 6.45) is 2.35. The Hall–Kier alpha value is -1.68. The predicted molar refractivity (Wildman–Crippen MR) is 103 cm³/mol. The molecule has 6 heteroatoms. The van der Waals surface area contributed by atoms with Crippen molar-refractivity contribution in [1.82, 2.24) is 4.98 Å². The van der Waals surface area contributed by atoms with Crippen LogP contribution in [0.25, 0.3) is 0 Å². The average Bonchev–Trinajstić information content (AvgIpc) is 2.61. The van der Waals surface area contributed by atoms with Gasteiger partial charge >= 0.3 is 0 Å². The number of pyridine rings is 1. The van der Waals surface area contributed by atoms with Gasteiger partial charge in [-0.05, 0) is 48.7 Å². The predicted octanol–water partition coefficient (Wildman–Crippen LogP) is 3.80. The van der Waals surface area contributed by atoms with Gasteiger partial charge in [0.05, 0.1) is 12.3 Å². The highest BCUT2D eigenvalue weighted by Gasteiger charge is 2.37. The maximum absolute atomic E-state index is 13.7. The van der Waals surface area contributed by atoms with E-state index in [1.54, 1.807) is 36.5 Å². The van der Waals surface area contributed by atoms with Gasteiger partial charge in [0.15, 0.2) is 5.85 Å². The lowest BCUT2D eigenvalue weighted by atomic mass is 10.2. The van der Waals surface area contributed by atoms with Crippen LogP contribution < -0.4 is 10.2 Å². The molecule has 0 saturated heterocycles. The van der Waals surface area contributed by atoms with E-state index in [0.717, 1.165) is 12.1 Å². The molecule has 0 saturated carbocycles. The molecule has 0 amide bonds. The van der Waals surface area contributed by atoms with Gasteiger partial charge in [0.25, 0.3) is 7.37 Å². The van der Waals surface area contributed by atoms with Crippen molar-refractivity contribution in [1.29, 1.82) is 0 Å². The van der Waals surface area contributed by atoms with E-state index in [0.29, 0.717) is 23.5 Å². The Morgan fingerprint density at radius 2 is 1.84 bits per heavy atom. The van der Waals surface area contributed by atoms with Crippen LogP contribution in [0.4, 0.5) is 5.69 Å². The number of aliphatic hydroxyl groups excluding tert-OH is 1. The molecule has 25 heavy (non-hydrogen) atoms. The lowest BCUT2D eigenvalue weighted by molar-refractivity contribution is 0.206. The first kappa shape index (κ1) is 19.6. The molecule has 136 valence electrons. The van der Waals surface area contributed by atoms with E-state index in [1.165, 1.54) is 0 Å². The van der Waals surface area contributed by atoms with Crippen LogP contribution >= 0.6 is 7.37 Å². The molecule has 5 nitrogen and oxygen atoms in total. The van der Waals surface area contributed by atoms with E-state index in [1.807, 2.05) is 31.1 Å². The number of aliphatic hydroxyl groups is 1. The van der Waals surface area contributed by atoms with Gasteiger partial charge in [-0.15, -0.1) is 0 Å². The normalized spacial score (nSPS) is 15.0. The van der Waals surface area contributed by atoms with E-state index in [2.05, 4.69) is 18.8 Å². The van der Waals surface area contributed by atoms with Crippen molar-refractivity contribution in [2.24, 2.45) is 5.92 Å². The number of benzene rings is 1. The molecule has 2 rings (SSSR count). The van der Waals surface area contributed by atoms with Crippen LogP contribution in [0.1, 0.15) is 31.8 Å². The summed E-state index contributed by atoms with van der Waals surface area (Å²) in [5, 5.41) is 11.3. The molecule has 0 aliphatic carbocycles. The van der Waals surface area contributed by atoms with E-state index in [4.69, 9.17) is 4.52 Å². The van der Waals surface area contributed by atoms with Gasteiger partial charge in [-0.2, -0.15) is 0 Å². The zero-order valence-electron chi connectivity index (χ0n) is 15.3. The fourth-order valence-corrected chi connectivity index (χ4v) is 4.39. The Balaban J connectivity index is 2.35. The van der Waals surface area contributed by atoms with Crippen molar-refractivity contribution in [3.63, 3.8) is 0 Å². The first-order chi connectivity index (χ1) is 11.8. The van der Waals surface area contributed by atoms with Crippen LogP contribution in [0.3, 0.4) is 0 Å². The molecule has 2 aromatic rings. The molecule has 2 atom stereocenters. The Labute approximate surface area is 150 Å². The minimum absolute atomic E-state index is 0.328. The van der Waals surface area contributed by atoms with Crippen LogP contribution in [0.2, 0.25) is 0 Å². The Morgan fingerprint density at radius 1 is 1.16 bits per heavy atom. The standard InChI is InChI=1S/C19H27N2O3P/c1-15(2)12-14-24-25(23,19(22)18-7-5-6-13-20-18)17-10-8-16(9-11-17)21(3)4/h5-11,13,15,19,22H,12,14H2,1-4H3/t19-,25+/m1/s1. The fourth-order valence-electron chi connectivity index (χ4n) is 2.37. The highest BCUT2D eigenvalue weighted by molar-refractivity contribution is 7.67. The van der Waals surface area contributed by atoms with Crippen LogP contribution in [0.15, 0.2) is 48.7 Å². The maximum atomic E-state index is 13.7. The monoisotopic (exact) mass is 362 g/mol. The third-order valence-electron chi connectivity index (χ3n) is 3.98. The van der Waals surface area contributed by atoms with Crippen LogP contribution in [0, 0.1) is 5.92 Å². The van der Waals surface area contributed by atoms with Gasteiger partial charge < -0.3 is 14.5 Å².